The van der Waals surface area contributed by atoms with Gasteiger partial charge in [0.15, 0.2) is 0 Å². The van der Waals surface area contributed by atoms with Crippen molar-refractivity contribution in [1.82, 2.24) is 4.90 Å². The van der Waals surface area contributed by atoms with Crippen molar-refractivity contribution in [3.8, 4) is 11.1 Å². The zero-order valence-electron chi connectivity index (χ0n) is 16.0. The van der Waals surface area contributed by atoms with Crippen LogP contribution < -0.4 is 4.90 Å². The van der Waals surface area contributed by atoms with Gasteiger partial charge >= 0.3 is 0 Å². The van der Waals surface area contributed by atoms with Crippen LogP contribution in [-0.4, -0.2) is 36.3 Å². The number of hydrogen-bond donors (Lipinski definition) is 0. The van der Waals surface area contributed by atoms with Gasteiger partial charge in [0.05, 0.1) is 0 Å². The molecule has 0 bridgehead atoms. The Labute approximate surface area is 181 Å². The predicted molar refractivity (Wildman–Crippen MR) is 121 cm³/mol. The molecule has 148 valence electrons. The number of rotatable bonds is 5. The number of halogens is 2. The Morgan fingerprint density at radius 3 is 2.14 bits per heavy atom. The van der Waals surface area contributed by atoms with Crippen LogP contribution in [0.3, 0.4) is 0 Å². The van der Waals surface area contributed by atoms with Crippen molar-refractivity contribution in [1.29, 1.82) is 0 Å². The average molecular weight is 425 g/mol. The normalized spacial score (nSPS) is 14.8. The monoisotopic (exact) mass is 424 g/mol. The fraction of sp³-hybridized carbons (Fsp3) is 0.208. The molecule has 0 spiro atoms. The molecule has 3 nitrogen and oxygen atoms in total. The highest BCUT2D eigenvalue weighted by Gasteiger charge is 2.18. The Hall–Kier alpha value is -2.33. The van der Waals surface area contributed by atoms with Gasteiger partial charge in [0.25, 0.3) is 5.24 Å². The van der Waals surface area contributed by atoms with E-state index in [1.165, 1.54) is 16.7 Å². The molecule has 0 N–H and O–H groups in total. The number of benzene rings is 3. The lowest BCUT2D eigenvalue weighted by atomic mass is 9.99. The molecule has 0 amide bonds. The maximum absolute atomic E-state index is 11.2. The third kappa shape index (κ3) is 4.81. The van der Waals surface area contributed by atoms with E-state index in [9.17, 15) is 4.79 Å². The van der Waals surface area contributed by atoms with Gasteiger partial charge in [0.2, 0.25) is 0 Å². The van der Waals surface area contributed by atoms with E-state index in [0.717, 1.165) is 43.4 Å². The third-order valence-corrected chi connectivity index (χ3v) is 5.87. The van der Waals surface area contributed by atoms with Crippen LogP contribution in [0.15, 0.2) is 72.8 Å². The molecular weight excluding hydrogens is 403 g/mol. The van der Waals surface area contributed by atoms with Gasteiger partial charge in [-0.2, -0.15) is 0 Å². The molecule has 4 rings (SSSR count). The minimum Gasteiger partial charge on any atom is -0.369 e. The van der Waals surface area contributed by atoms with E-state index in [1.807, 2.05) is 24.3 Å². The molecule has 3 aromatic carbocycles. The van der Waals surface area contributed by atoms with Crippen LogP contribution in [0.2, 0.25) is 5.02 Å². The summed E-state index contributed by atoms with van der Waals surface area (Å²) in [5, 5.41) is 0.339. The van der Waals surface area contributed by atoms with Gasteiger partial charge in [0.1, 0.15) is 0 Å². The maximum atomic E-state index is 11.2. The summed E-state index contributed by atoms with van der Waals surface area (Å²) >= 11 is 11.6. The number of nitrogens with zero attached hydrogens (tertiary/aromatic N) is 2. The molecule has 1 aliphatic heterocycles. The lowest BCUT2D eigenvalue weighted by Crippen LogP contribution is -2.46. The van der Waals surface area contributed by atoms with Gasteiger partial charge < -0.3 is 4.90 Å². The Kier molecular flexibility index (Phi) is 6.19. The molecule has 1 fully saturated rings. The standard InChI is InChI=1S/C24H22Cl2N2O/c25-21-9-5-18(6-10-21)23-4-2-1-3-20(23)17-27-13-15-28(16-14-27)22-11-7-19(8-12-22)24(26)29/h1-12H,13-17H2. The molecule has 29 heavy (non-hydrogen) atoms. The quantitative estimate of drug-likeness (QED) is 0.490. The molecule has 1 aliphatic rings. The second kappa shape index (κ2) is 9.00. The first-order valence-corrected chi connectivity index (χ1v) is 10.5. The van der Waals surface area contributed by atoms with Crippen molar-refractivity contribution in [3.63, 3.8) is 0 Å². The smallest absolute Gasteiger partial charge is 0.252 e. The van der Waals surface area contributed by atoms with Crippen LogP contribution in [0, 0.1) is 0 Å². The summed E-state index contributed by atoms with van der Waals surface area (Å²) in [6.07, 6.45) is 0. The minimum absolute atomic E-state index is 0.416. The summed E-state index contributed by atoms with van der Waals surface area (Å²) in [7, 11) is 0. The number of carbonyl (C=O) groups excluding carboxylic acids is 1. The van der Waals surface area contributed by atoms with Gasteiger partial charge in [-0.05, 0) is 64.7 Å². The molecule has 0 radical (unpaired) electrons. The molecule has 1 heterocycles. The molecule has 0 aromatic heterocycles. The molecular formula is C24H22Cl2N2O. The van der Waals surface area contributed by atoms with Gasteiger partial charge in [0, 0.05) is 49.0 Å². The fourth-order valence-corrected chi connectivity index (χ4v) is 4.03. The van der Waals surface area contributed by atoms with E-state index in [-0.39, 0.29) is 0 Å². The number of anilines is 1. The number of piperazine rings is 1. The molecule has 5 heteroatoms. The highest BCUT2D eigenvalue weighted by Crippen LogP contribution is 2.27. The van der Waals surface area contributed by atoms with E-state index in [2.05, 4.69) is 46.2 Å². The summed E-state index contributed by atoms with van der Waals surface area (Å²) in [5.74, 6) is 0. The lowest BCUT2D eigenvalue weighted by molar-refractivity contribution is 0.108. The van der Waals surface area contributed by atoms with Crippen LogP contribution in [0.5, 0.6) is 0 Å². The summed E-state index contributed by atoms with van der Waals surface area (Å²) < 4.78 is 0. The van der Waals surface area contributed by atoms with Crippen molar-refractivity contribution >= 4 is 34.1 Å². The first kappa shape index (κ1) is 20.0. The third-order valence-electron chi connectivity index (χ3n) is 5.40. The second-order valence-electron chi connectivity index (χ2n) is 7.25. The average Bonchev–Trinajstić information content (AvgIpc) is 2.75. The first-order chi connectivity index (χ1) is 14.1. The highest BCUT2D eigenvalue weighted by atomic mass is 35.5. The van der Waals surface area contributed by atoms with E-state index >= 15 is 0 Å². The van der Waals surface area contributed by atoms with Gasteiger partial charge in [-0.25, -0.2) is 0 Å². The van der Waals surface area contributed by atoms with Crippen LogP contribution in [0.1, 0.15) is 15.9 Å². The summed E-state index contributed by atoms with van der Waals surface area (Å²) in [6, 6.07) is 24.1. The molecule has 0 aliphatic carbocycles. The molecule has 0 saturated carbocycles. The van der Waals surface area contributed by atoms with Crippen LogP contribution in [-0.2, 0) is 6.54 Å². The van der Waals surface area contributed by atoms with Crippen molar-refractivity contribution in [3.05, 3.63) is 88.9 Å². The Bertz CT molecular complexity index is 979. The highest BCUT2D eigenvalue weighted by molar-refractivity contribution is 6.67. The molecule has 0 atom stereocenters. The van der Waals surface area contributed by atoms with Crippen LogP contribution in [0.25, 0.3) is 11.1 Å². The minimum atomic E-state index is -0.416. The fourth-order valence-electron chi connectivity index (χ4n) is 3.78. The van der Waals surface area contributed by atoms with Gasteiger partial charge in [-0.3, -0.25) is 9.69 Å². The van der Waals surface area contributed by atoms with E-state index < -0.39 is 5.24 Å². The lowest BCUT2D eigenvalue weighted by Gasteiger charge is -2.36. The Morgan fingerprint density at radius 1 is 0.828 bits per heavy atom. The SMILES string of the molecule is O=C(Cl)c1ccc(N2CCN(Cc3ccccc3-c3ccc(Cl)cc3)CC2)cc1. The summed E-state index contributed by atoms with van der Waals surface area (Å²) in [4.78, 5) is 16.1. The Balaban J connectivity index is 1.41. The van der Waals surface area contributed by atoms with Crippen molar-refractivity contribution in [2.24, 2.45) is 0 Å². The first-order valence-electron chi connectivity index (χ1n) is 9.71. The largest absolute Gasteiger partial charge is 0.369 e. The van der Waals surface area contributed by atoms with E-state index in [4.69, 9.17) is 23.2 Å². The molecule has 0 unspecified atom stereocenters. The number of carbonyl (C=O) groups is 1. The van der Waals surface area contributed by atoms with Crippen LogP contribution in [0.4, 0.5) is 5.69 Å². The zero-order valence-corrected chi connectivity index (χ0v) is 17.5. The van der Waals surface area contributed by atoms with Crippen molar-refractivity contribution < 1.29 is 4.79 Å². The predicted octanol–water partition coefficient (Wildman–Crippen LogP) is 5.71. The van der Waals surface area contributed by atoms with Gasteiger partial charge in [-0.1, -0.05) is 48.0 Å². The summed E-state index contributed by atoms with van der Waals surface area (Å²) in [5.41, 5.74) is 5.44. The Morgan fingerprint density at radius 2 is 1.48 bits per heavy atom. The molecule has 1 saturated heterocycles. The molecule has 3 aromatic rings. The van der Waals surface area contributed by atoms with Crippen LogP contribution >= 0.6 is 23.2 Å². The zero-order chi connectivity index (χ0) is 20.2. The second-order valence-corrected chi connectivity index (χ2v) is 8.03. The van der Waals surface area contributed by atoms with Crippen molar-refractivity contribution in [2.75, 3.05) is 31.1 Å². The topological polar surface area (TPSA) is 23.6 Å². The number of hydrogen-bond acceptors (Lipinski definition) is 3. The van der Waals surface area contributed by atoms with Gasteiger partial charge in [-0.15, -0.1) is 0 Å². The maximum Gasteiger partial charge on any atom is 0.252 e. The van der Waals surface area contributed by atoms with E-state index in [0.29, 0.717) is 5.56 Å². The van der Waals surface area contributed by atoms with E-state index in [1.54, 1.807) is 12.1 Å². The van der Waals surface area contributed by atoms with Crippen molar-refractivity contribution in [2.45, 2.75) is 6.54 Å². The summed E-state index contributed by atoms with van der Waals surface area (Å²) in [6.45, 7) is 4.82.